The molecule has 0 N–H and O–H groups in total. The molecule has 1 aromatic heterocycles. The van der Waals surface area contributed by atoms with Crippen molar-refractivity contribution in [3.05, 3.63) is 44.3 Å². The van der Waals surface area contributed by atoms with Gasteiger partial charge in [0.2, 0.25) is 0 Å². The predicted molar refractivity (Wildman–Crippen MR) is 76.5 cm³/mol. The fraction of sp³-hybridized carbons (Fsp3) is 0.154. The van der Waals surface area contributed by atoms with Crippen molar-refractivity contribution in [2.75, 3.05) is 4.90 Å². The summed E-state index contributed by atoms with van der Waals surface area (Å²) in [4.78, 5) is 30.6. The van der Waals surface area contributed by atoms with Crippen LogP contribution in [0, 0.1) is 6.92 Å². The SMILES string of the molecule is Cc1ncc(CN2C(=O)C(=O)c3ccc(Br)cc32)s1. The largest absolute Gasteiger partial charge is 0.299 e. The molecule has 96 valence electrons. The third kappa shape index (κ3) is 2.11. The maximum absolute atomic E-state index is 12.0. The summed E-state index contributed by atoms with van der Waals surface area (Å²) in [5, 5.41) is 0.947. The number of rotatable bonds is 2. The molecule has 1 amide bonds. The van der Waals surface area contributed by atoms with E-state index in [-0.39, 0.29) is 0 Å². The molecule has 6 heteroatoms. The quantitative estimate of drug-likeness (QED) is 0.792. The Hall–Kier alpha value is -1.53. The van der Waals surface area contributed by atoms with Gasteiger partial charge in [0.1, 0.15) is 0 Å². The number of ketones is 1. The van der Waals surface area contributed by atoms with Crippen LogP contribution < -0.4 is 4.90 Å². The van der Waals surface area contributed by atoms with Crippen LogP contribution in [0.4, 0.5) is 5.69 Å². The Labute approximate surface area is 122 Å². The van der Waals surface area contributed by atoms with Crippen LogP contribution in [0.1, 0.15) is 20.2 Å². The van der Waals surface area contributed by atoms with Gasteiger partial charge in [-0.25, -0.2) is 4.98 Å². The van der Waals surface area contributed by atoms with E-state index in [4.69, 9.17) is 0 Å². The molecule has 0 unspecified atom stereocenters. The molecular formula is C13H9BrN2O2S. The van der Waals surface area contributed by atoms with Crippen molar-refractivity contribution in [1.29, 1.82) is 0 Å². The lowest BCUT2D eigenvalue weighted by Gasteiger charge is -2.15. The van der Waals surface area contributed by atoms with Gasteiger partial charge in [-0.15, -0.1) is 11.3 Å². The molecule has 3 rings (SSSR count). The number of thiazole rings is 1. The van der Waals surface area contributed by atoms with Crippen LogP contribution in [0.2, 0.25) is 0 Å². The molecule has 1 aliphatic rings. The van der Waals surface area contributed by atoms with E-state index in [9.17, 15) is 9.59 Å². The van der Waals surface area contributed by atoms with Crippen molar-refractivity contribution in [2.24, 2.45) is 0 Å². The minimum Gasteiger partial charge on any atom is -0.299 e. The number of anilines is 1. The molecule has 19 heavy (non-hydrogen) atoms. The van der Waals surface area contributed by atoms with E-state index in [2.05, 4.69) is 20.9 Å². The number of fused-ring (bicyclic) bond motifs is 1. The normalized spacial score (nSPS) is 14.1. The first kappa shape index (κ1) is 12.5. The minimum absolute atomic E-state index is 0.388. The van der Waals surface area contributed by atoms with Gasteiger partial charge in [0.15, 0.2) is 0 Å². The van der Waals surface area contributed by atoms with Gasteiger partial charge in [-0.1, -0.05) is 15.9 Å². The maximum atomic E-state index is 12.0. The molecule has 2 aromatic rings. The zero-order chi connectivity index (χ0) is 13.6. The summed E-state index contributed by atoms with van der Waals surface area (Å²) < 4.78 is 0.847. The Morgan fingerprint density at radius 2 is 2.16 bits per heavy atom. The van der Waals surface area contributed by atoms with Crippen molar-refractivity contribution >= 4 is 44.6 Å². The Morgan fingerprint density at radius 1 is 1.37 bits per heavy atom. The first-order valence-corrected chi connectivity index (χ1v) is 7.24. The fourth-order valence-corrected chi connectivity index (χ4v) is 3.19. The average Bonchev–Trinajstić information content (AvgIpc) is 2.88. The van der Waals surface area contributed by atoms with Crippen LogP contribution >= 0.6 is 27.3 Å². The summed E-state index contributed by atoms with van der Waals surface area (Å²) in [6.07, 6.45) is 1.74. The molecule has 1 aromatic carbocycles. The highest BCUT2D eigenvalue weighted by Crippen LogP contribution is 2.33. The molecule has 1 aliphatic heterocycles. The second-order valence-electron chi connectivity index (χ2n) is 4.23. The number of benzene rings is 1. The van der Waals surface area contributed by atoms with Crippen molar-refractivity contribution < 1.29 is 9.59 Å². The van der Waals surface area contributed by atoms with Crippen LogP contribution in [-0.4, -0.2) is 16.7 Å². The maximum Gasteiger partial charge on any atom is 0.299 e. The summed E-state index contributed by atoms with van der Waals surface area (Å²) >= 11 is 4.89. The van der Waals surface area contributed by atoms with Gasteiger partial charge in [-0.05, 0) is 25.1 Å². The first-order valence-electron chi connectivity index (χ1n) is 5.63. The van der Waals surface area contributed by atoms with E-state index in [1.54, 1.807) is 24.4 Å². The molecule has 0 saturated carbocycles. The van der Waals surface area contributed by atoms with Crippen LogP contribution in [0.25, 0.3) is 0 Å². The summed E-state index contributed by atoms with van der Waals surface area (Å²) in [7, 11) is 0. The molecule has 0 atom stereocenters. The number of nitrogens with zero attached hydrogens (tertiary/aromatic N) is 2. The number of carbonyl (C=O) groups excluding carboxylic acids is 2. The summed E-state index contributed by atoms with van der Waals surface area (Å²) in [5.41, 5.74) is 1.13. The molecule has 0 radical (unpaired) electrons. The highest BCUT2D eigenvalue weighted by molar-refractivity contribution is 9.10. The molecule has 0 saturated heterocycles. The number of carbonyl (C=O) groups is 2. The molecule has 4 nitrogen and oxygen atoms in total. The number of amides is 1. The lowest BCUT2D eigenvalue weighted by Crippen LogP contribution is -2.28. The Bertz CT molecular complexity index is 696. The van der Waals surface area contributed by atoms with Crippen LogP contribution in [-0.2, 0) is 11.3 Å². The monoisotopic (exact) mass is 336 g/mol. The van der Waals surface area contributed by atoms with Gasteiger partial charge < -0.3 is 0 Å². The van der Waals surface area contributed by atoms with E-state index in [0.29, 0.717) is 17.8 Å². The van der Waals surface area contributed by atoms with Gasteiger partial charge in [0.25, 0.3) is 11.7 Å². The Morgan fingerprint density at radius 3 is 2.84 bits per heavy atom. The smallest absolute Gasteiger partial charge is 0.299 e. The molecule has 0 bridgehead atoms. The summed E-state index contributed by atoms with van der Waals surface area (Å²) in [6, 6.07) is 5.24. The fourth-order valence-electron chi connectivity index (χ4n) is 2.06. The van der Waals surface area contributed by atoms with Gasteiger partial charge >= 0.3 is 0 Å². The summed E-state index contributed by atoms with van der Waals surface area (Å²) in [5.74, 6) is -0.914. The number of hydrogen-bond donors (Lipinski definition) is 0. The highest BCUT2D eigenvalue weighted by atomic mass is 79.9. The first-order chi connectivity index (χ1) is 9.06. The van der Waals surface area contributed by atoms with Crippen molar-refractivity contribution in [2.45, 2.75) is 13.5 Å². The second kappa shape index (κ2) is 4.54. The van der Waals surface area contributed by atoms with E-state index >= 15 is 0 Å². The number of halogens is 1. The van der Waals surface area contributed by atoms with Gasteiger partial charge in [-0.2, -0.15) is 0 Å². The zero-order valence-electron chi connectivity index (χ0n) is 10.0. The third-order valence-corrected chi connectivity index (χ3v) is 4.31. The number of aryl methyl sites for hydroxylation is 1. The lowest BCUT2D eigenvalue weighted by atomic mass is 10.1. The van der Waals surface area contributed by atoms with E-state index in [0.717, 1.165) is 14.4 Å². The number of hydrogen-bond acceptors (Lipinski definition) is 4. The molecule has 2 heterocycles. The Kier molecular flexibility index (Phi) is 2.99. The van der Waals surface area contributed by atoms with Gasteiger partial charge in [0, 0.05) is 15.5 Å². The predicted octanol–water partition coefficient (Wildman–Crippen LogP) is 2.94. The topological polar surface area (TPSA) is 50.3 Å². The number of Topliss-reactive ketones (excluding diaryl/α,β-unsaturated/α-hetero) is 1. The van der Waals surface area contributed by atoms with Crippen LogP contribution in [0.5, 0.6) is 0 Å². The number of aromatic nitrogens is 1. The van der Waals surface area contributed by atoms with Crippen LogP contribution in [0.3, 0.4) is 0 Å². The van der Waals surface area contributed by atoms with Crippen molar-refractivity contribution in [1.82, 2.24) is 4.98 Å². The van der Waals surface area contributed by atoms with Crippen molar-refractivity contribution in [3.8, 4) is 0 Å². The van der Waals surface area contributed by atoms with Crippen LogP contribution in [0.15, 0.2) is 28.9 Å². The average molecular weight is 337 g/mol. The molecule has 0 fully saturated rings. The van der Waals surface area contributed by atoms with Gasteiger partial charge in [0.05, 0.1) is 22.8 Å². The minimum atomic E-state index is -0.473. The Balaban J connectivity index is 2.01. The zero-order valence-corrected chi connectivity index (χ0v) is 12.4. The molecule has 0 aliphatic carbocycles. The molecule has 0 spiro atoms. The standard InChI is InChI=1S/C13H9BrN2O2S/c1-7-15-5-9(19-7)6-16-11-4-8(14)2-3-10(11)12(17)13(16)18/h2-5H,6H2,1H3. The van der Waals surface area contributed by atoms with Crippen molar-refractivity contribution in [3.63, 3.8) is 0 Å². The lowest BCUT2D eigenvalue weighted by molar-refractivity contribution is -0.114. The third-order valence-electron chi connectivity index (χ3n) is 2.92. The van der Waals surface area contributed by atoms with E-state index < -0.39 is 11.7 Å². The second-order valence-corrected chi connectivity index (χ2v) is 6.46. The summed E-state index contributed by atoms with van der Waals surface area (Å²) in [6.45, 7) is 2.30. The van der Waals surface area contributed by atoms with Gasteiger partial charge in [-0.3, -0.25) is 14.5 Å². The molecular weight excluding hydrogens is 328 g/mol. The highest BCUT2D eigenvalue weighted by Gasteiger charge is 2.35. The van der Waals surface area contributed by atoms with E-state index in [1.807, 2.05) is 6.92 Å². The van der Waals surface area contributed by atoms with E-state index in [1.165, 1.54) is 16.2 Å².